The number of amides is 2. The Kier molecular flexibility index (Phi) is 25.9. The van der Waals surface area contributed by atoms with Crippen LogP contribution in [0.3, 0.4) is 0 Å². The van der Waals surface area contributed by atoms with Gasteiger partial charge < -0.3 is 22.9 Å². The molecule has 12 aromatic heterocycles. The lowest BCUT2D eigenvalue weighted by molar-refractivity contribution is -0.118. The van der Waals surface area contributed by atoms with Crippen LogP contribution in [0.4, 0.5) is 17.6 Å². The van der Waals surface area contributed by atoms with Gasteiger partial charge in [0.05, 0.1) is 70.3 Å². The molecule has 31 heteroatoms. The summed E-state index contributed by atoms with van der Waals surface area (Å²) < 4.78 is 23.3. The Balaban J connectivity index is 0.000000116. The standard InChI is InChI=1S/C29H31N7O2.C28H25N7O.C28H24N6O.C26H25N5O2/c1-19(2)23-6-4-5-7-24(23)27-30-17-22-16-25(37)36(28(22)31-27)18-20-8-10-21(11-9-20)26-32-29(34(3)33-26)35-12-14-38-15-13-35;1-18(2)21-6-4-5-7-22(21)25-31-16-23-26(32-25)35(28(36)33(23)3)17-19-8-10-20(11-9-19)24-27-30-13-15-34(27)14-12-29-24;1-18(2)22-5-3-4-6-23(22)26-31-16-21-15-24(35)34(27(21)32-26)17-19-7-9-20(10-8-19)25-28-30-12-14-33(28)13-11-29-25;1-16(2)20-7-5-6-8-21(20)23-27-13-22-24(29-23)31(26(32)30(22)4)14-18-9-11-19(12-10-18)25-28-17(3)15-33-25/h4-11,17,19H,12-16,18H2,1-3H3;4-16,18H,17H2,1-3H3;3-14,16,18H,15,17H2,1-2H3;5-13,15-16H,14H2,1-4H3. The second-order valence-corrected chi connectivity index (χ2v) is 36.9. The Labute approximate surface area is 818 Å². The van der Waals surface area contributed by atoms with Gasteiger partial charge in [0.2, 0.25) is 23.7 Å². The van der Waals surface area contributed by atoms with Crippen molar-refractivity contribution in [3.8, 4) is 90.9 Å². The minimum absolute atomic E-state index is 0.0363. The number of morpholine rings is 1. The molecule has 15 heterocycles. The van der Waals surface area contributed by atoms with Gasteiger partial charge in [0.25, 0.3) is 0 Å². The minimum atomic E-state index is -0.124. The molecule has 23 rings (SSSR count). The van der Waals surface area contributed by atoms with Crippen molar-refractivity contribution in [3.05, 3.63) is 357 Å². The number of hydrogen-bond donors (Lipinski definition) is 0. The Hall–Kier alpha value is -17.1. The largest absolute Gasteiger partial charge is 0.444 e. The van der Waals surface area contributed by atoms with Gasteiger partial charge in [-0.05, 0) is 87.2 Å². The van der Waals surface area contributed by atoms with Crippen LogP contribution in [-0.4, -0.2) is 145 Å². The van der Waals surface area contributed by atoms with Crippen molar-refractivity contribution in [1.82, 2.24) is 107 Å². The number of ether oxygens (including phenoxy) is 1. The molecule has 0 aliphatic carbocycles. The van der Waals surface area contributed by atoms with Crippen LogP contribution >= 0.6 is 0 Å². The van der Waals surface area contributed by atoms with E-state index in [4.69, 9.17) is 34.1 Å². The normalized spacial score (nSPS) is 13.0. The van der Waals surface area contributed by atoms with Crippen LogP contribution in [0, 0.1) is 6.92 Å². The maximum atomic E-state index is 13.2. The van der Waals surface area contributed by atoms with Crippen LogP contribution < -0.4 is 26.1 Å². The molecule has 0 unspecified atom stereocenters. The molecule has 3 aliphatic rings. The topological polar surface area (TPSA) is 327 Å². The zero-order valence-corrected chi connectivity index (χ0v) is 81.0. The first-order chi connectivity index (χ1) is 69.0. The number of oxazole rings is 1. The Morgan fingerprint density at radius 3 is 1.11 bits per heavy atom. The summed E-state index contributed by atoms with van der Waals surface area (Å²) in [6.45, 7) is 23.9. The van der Waals surface area contributed by atoms with Crippen LogP contribution in [0.15, 0.2) is 289 Å². The molecule has 20 aromatic rings. The average molecular weight is 1890 g/mol. The number of fused-ring (bicyclic) bond motifs is 6. The van der Waals surface area contributed by atoms with Gasteiger partial charge in [-0.2, -0.15) is 4.98 Å². The van der Waals surface area contributed by atoms with Gasteiger partial charge in [-0.15, -0.1) is 5.10 Å². The van der Waals surface area contributed by atoms with E-state index in [1.807, 2.05) is 222 Å². The highest BCUT2D eigenvalue weighted by atomic mass is 16.5. The van der Waals surface area contributed by atoms with Crippen molar-refractivity contribution in [3.63, 3.8) is 0 Å². The molecule has 31 nitrogen and oxygen atoms in total. The predicted octanol–water partition coefficient (Wildman–Crippen LogP) is 18.7. The Morgan fingerprint density at radius 2 is 0.718 bits per heavy atom. The summed E-state index contributed by atoms with van der Waals surface area (Å²) in [4.78, 5) is 123. The molecule has 710 valence electrons. The molecule has 0 bridgehead atoms. The van der Waals surface area contributed by atoms with E-state index in [9.17, 15) is 19.2 Å². The minimum Gasteiger partial charge on any atom is -0.444 e. The lowest BCUT2D eigenvalue weighted by atomic mass is 9.97. The molecule has 142 heavy (non-hydrogen) atoms. The summed E-state index contributed by atoms with van der Waals surface area (Å²) in [7, 11) is 5.42. The first-order valence-corrected chi connectivity index (χ1v) is 47.6. The maximum Gasteiger partial charge on any atom is 0.330 e. The van der Waals surface area contributed by atoms with E-state index in [0.29, 0.717) is 145 Å². The van der Waals surface area contributed by atoms with Crippen LogP contribution in [0.5, 0.6) is 0 Å². The third-order valence-electron chi connectivity index (χ3n) is 26.1. The zero-order valence-electron chi connectivity index (χ0n) is 81.0. The van der Waals surface area contributed by atoms with Crippen molar-refractivity contribution >= 4 is 63.0 Å². The van der Waals surface area contributed by atoms with Gasteiger partial charge in [-0.25, -0.2) is 69.1 Å². The highest BCUT2D eigenvalue weighted by molar-refractivity contribution is 6.01. The summed E-state index contributed by atoms with van der Waals surface area (Å²) in [6.07, 6.45) is 24.0. The quantitative estimate of drug-likeness (QED) is 0.0645. The van der Waals surface area contributed by atoms with Crippen LogP contribution in [0.1, 0.15) is 140 Å². The zero-order chi connectivity index (χ0) is 98.1. The summed E-state index contributed by atoms with van der Waals surface area (Å²) >= 11 is 0. The summed E-state index contributed by atoms with van der Waals surface area (Å²) in [5.41, 5.74) is 24.8. The molecule has 1 fully saturated rings. The second kappa shape index (κ2) is 39.8. The smallest absolute Gasteiger partial charge is 0.330 e. The number of nitrogens with zero attached hydrogens (tertiary/aromatic N) is 25. The van der Waals surface area contributed by atoms with E-state index in [-0.39, 0.29) is 23.2 Å². The Bertz CT molecular complexity index is 8220. The fraction of sp³-hybridized carbons (Fsp3) is 0.234. The number of aryl methyl sites for hydroxylation is 4. The lowest BCUT2D eigenvalue weighted by Crippen LogP contribution is -2.37. The summed E-state index contributed by atoms with van der Waals surface area (Å²) in [5.74, 6) is 7.51. The van der Waals surface area contributed by atoms with Crippen LogP contribution in [0.2, 0.25) is 0 Å². The van der Waals surface area contributed by atoms with Crippen LogP contribution in [-0.2, 0) is 74.5 Å². The predicted molar refractivity (Wildman–Crippen MR) is 549 cm³/mol. The molecule has 0 N–H and O–H groups in total. The van der Waals surface area contributed by atoms with Crippen molar-refractivity contribution in [2.24, 2.45) is 21.1 Å². The van der Waals surface area contributed by atoms with E-state index in [0.717, 1.165) is 125 Å². The van der Waals surface area contributed by atoms with Gasteiger partial charge in [-0.1, -0.05) is 237 Å². The maximum absolute atomic E-state index is 13.2. The lowest BCUT2D eigenvalue weighted by Gasteiger charge is -2.26. The molecule has 0 radical (unpaired) electrons. The molecule has 0 spiro atoms. The van der Waals surface area contributed by atoms with E-state index in [2.05, 4.69) is 135 Å². The van der Waals surface area contributed by atoms with Crippen molar-refractivity contribution < 1.29 is 18.7 Å². The molecule has 0 saturated carbocycles. The van der Waals surface area contributed by atoms with E-state index in [1.165, 1.54) is 22.3 Å². The number of hydrogen-bond acceptors (Lipinski definition) is 22. The van der Waals surface area contributed by atoms with Crippen molar-refractivity contribution in [2.45, 2.75) is 125 Å². The molecule has 2 amide bonds. The molecule has 0 atom stereocenters. The van der Waals surface area contributed by atoms with E-state index in [1.54, 1.807) is 98.0 Å². The highest BCUT2D eigenvalue weighted by Crippen LogP contribution is 2.39. The van der Waals surface area contributed by atoms with Gasteiger partial charge in [0.1, 0.15) is 40.3 Å². The Morgan fingerprint density at radius 1 is 0.359 bits per heavy atom. The summed E-state index contributed by atoms with van der Waals surface area (Å²) in [6, 6.07) is 64.9. The number of anilines is 3. The van der Waals surface area contributed by atoms with E-state index >= 15 is 0 Å². The van der Waals surface area contributed by atoms with Crippen molar-refractivity contribution in [1.29, 1.82) is 0 Å². The van der Waals surface area contributed by atoms with Crippen LogP contribution in [0.25, 0.3) is 125 Å². The number of aromatic nitrogens is 22. The van der Waals surface area contributed by atoms with Gasteiger partial charge >= 0.3 is 11.4 Å². The van der Waals surface area contributed by atoms with Crippen molar-refractivity contribution in [2.75, 3.05) is 41.0 Å². The molecular weight excluding hydrogens is 1780 g/mol. The number of imidazole rings is 4. The molecular formula is C111H105N25O6. The first kappa shape index (κ1) is 92.6. The number of carbonyl (C=O) groups excluding carboxylic acids is 2. The number of carbonyl (C=O) groups is 2. The number of benzene rings is 8. The molecule has 3 aliphatic heterocycles. The van der Waals surface area contributed by atoms with Gasteiger partial charge in [-0.3, -0.25) is 47.6 Å². The second-order valence-electron chi connectivity index (χ2n) is 36.9. The summed E-state index contributed by atoms with van der Waals surface area (Å²) in [5, 5.41) is 4.63. The molecule has 8 aromatic carbocycles. The average Bonchev–Trinajstić information content (AvgIpc) is 1.61. The monoisotopic (exact) mass is 1880 g/mol. The third-order valence-corrected chi connectivity index (χ3v) is 26.1. The third kappa shape index (κ3) is 18.8. The van der Waals surface area contributed by atoms with Gasteiger partial charge in [0.15, 0.2) is 51.7 Å². The SMILES string of the molecule is CC(C)c1ccccc1-c1ncc2c(n1)N(Cc1ccc(-c3nc(N4CCOCC4)n(C)n3)cc1)C(=O)C2.CC(C)c1ccccc1-c1ncc2c(n1)N(Cc1ccc(-c3nccn4ccnc34)cc1)C(=O)C2.CC(C)c1ccccc1-c1ncc2c(n1)n(Cc1ccc(-c3nccn4ccnc34)cc1)c(=O)n2C.Cc1coc(-c2ccc(Cn3c(=O)n(C)c4cnc(-c5ccccc5C(C)C)nc43)cc2)n1. The fourth-order valence-corrected chi connectivity index (χ4v) is 18.5. The first-order valence-electron chi connectivity index (χ1n) is 47.6. The van der Waals surface area contributed by atoms with Gasteiger partial charge in [0, 0.05) is 152 Å². The molecule has 1 saturated heterocycles. The fourth-order valence-electron chi connectivity index (χ4n) is 18.5. The highest BCUT2D eigenvalue weighted by Gasteiger charge is 2.34. The number of rotatable bonds is 21. The van der Waals surface area contributed by atoms with E-state index < -0.39 is 0 Å².